The molecule has 2 amide bonds. The average molecular weight is 429 g/mol. The molecule has 0 unspecified atom stereocenters. The van der Waals surface area contributed by atoms with Crippen LogP contribution in [-0.2, 0) is 22.4 Å². The van der Waals surface area contributed by atoms with Crippen molar-refractivity contribution in [3.63, 3.8) is 0 Å². The molecule has 142 valence electrons. The summed E-state index contributed by atoms with van der Waals surface area (Å²) in [6.07, 6.45) is 1.98. The van der Waals surface area contributed by atoms with Crippen LogP contribution in [0.4, 0.5) is 11.4 Å². The van der Waals surface area contributed by atoms with Crippen molar-refractivity contribution < 1.29 is 9.59 Å². The summed E-state index contributed by atoms with van der Waals surface area (Å²) in [5.41, 5.74) is 5.10. The van der Waals surface area contributed by atoms with Gasteiger partial charge in [0, 0.05) is 28.8 Å². The number of hydrogen-bond donors (Lipinski definition) is 1. The lowest BCUT2D eigenvalue weighted by Crippen LogP contribution is -2.29. The molecule has 1 heterocycles. The number of carbonyl (C=O) groups is 2. The fourth-order valence-corrected chi connectivity index (χ4v) is 4.14. The average Bonchev–Trinajstić information content (AvgIpc) is 3.04. The number of amides is 2. The molecule has 1 fully saturated rings. The first-order chi connectivity index (χ1) is 12.9. The Bertz CT molecular complexity index is 856. The molecule has 0 spiro atoms. The number of aryl methyl sites for hydroxylation is 3. The first kappa shape index (κ1) is 19.6. The van der Waals surface area contributed by atoms with E-state index >= 15 is 0 Å². The maximum absolute atomic E-state index is 12.8. The molecular weight excluding hydrogens is 404 g/mol. The summed E-state index contributed by atoms with van der Waals surface area (Å²) in [7, 11) is 0. The van der Waals surface area contributed by atoms with Gasteiger partial charge in [-0.2, -0.15) is 0 Å². The molecule has 1 atom stereocenters. The number of nitrogens with one attached hydrogen (secondary N) is 1. The maximum atomic E-state index is 12.8. The van der Waals surface area contributed by atoms with Gasteiger partial charge < -0.3 is 10.2 Å². The van der Waals surface area contributed by atoms with Gasteiger partial charge >= 0.3 is 0 Å². The highest BCUT2D eigenvalue weighted by atomic mass is 79.9. The third kappa shape index (κ3) is 4.08. The molecule has 1 aliphatic rings. The third-order valence-corrected chi connectivity index (χ3v) is 5.67. The van der Waals surface area contributed by atoms with E-state index in [9.17, 15) is 9.59 Å². The van der Waals surface area contributed by atoms with Gasteiger partial charge in [-0.15, -0.1) is 0 Å². The lowest BCUT2D eigenvalue weighted by atomic mass is 10.0. The van der Waals surface area contributed by atoms with Crippen LogP contribution in [0.2, 0.25) is 0 Å². The molecule has 1 N–H and O–H groups in total. The Kier molecular flexibility index (Phi) is 6.00. The van der Waals surface area contributed by atoms with Crippen molar-refractivity contribution >= 4 is 39.1 Å². The van der Waals surface area contributed by atoms with Crippen LogP contribution in [0.15, 0.2) is 40.9 Å². The zero-order valence-corrected chi connectivity index (χ0v) is 17.6. The number of halogens is 1. The number of benzene rings is 2. The molecule has 0 aromatic heterocycles. The fourth-order valence-electron chi connectivity index (χ4n) is 3.66. The van der Waals surface area contributed by atoms with Crippen molar-refractivity contribution in [3.8, 4) is 0 Å². The van der Waals surface area contributed by atoms with Crippen LogP contribution in [0.3, 0.4) is 0 Å². The molecule has 0 aliphatic carbocycles. The van der Waals surface area contributed by atoms with Crippen LogP contribution >= 0.6 is 15.9 Å². The summed E-state index contributed by atoms with van der Waals surface area (Å²) in [6.45, 7) is 6.58. The number of anilines is 2. The molecule has 5 heteroatoms. The summed E-state index contributed by atoms with van der Waals surface area (Å²) < 4.78 is 0.975. The maximum Gasteiger partial charge on any atom is 0.229 e. The quantitative estimate of drug-likeness (QED) is 0.737. The lowest BCUT2D eigenvalue weighted by Gasteiger charge is -2.23. The van der Waals surface area contributed by atoms with Gasteiger partial charge in [0.1, 0.15) is 0 Å². The predicted molar refractivity (Wildman–Crippen MR) is 113 cm³/mol. The van der Waals surface area contributed by atoms with Gasteiger partial charge in [-0.05, 0) is 54.7 Å². The Morgan fingerprint density at radius 2 is 1.85 bits per heavy atom. The number of carbonyl (C=O) groups excluding carboxylic acids is 2. The van der Waals surface area contributed by atoms with E-state index in [1.807, 2.05) is 36.1 Å². The van der Waals surface area contributed by atoms with Crippen molar-refractivity contribution in [2.75, 3.05) is 16.8 Å². The number of rotatable bonds is 5. The van der Waals surface area contributed by atoms with E-state index in [4.69, 9.17) is 0 Å². The lowest BCUT2D eigenvalue weighted by molar-refractivity contribution is -0.122. The van der Waals surface area contributed by atoms with Crippen molar-refractivity contribution in [1.82, 2.24) is 0 Å². The van der Waals surface area contributed by atoms with E-state index in [-0.39, 0.29) is 24.2 Å². The van der Waals surface area contributed by atoms with Crippen molar-refractivity contribution in [3.05, 3.63) is 57.6 Å². The second-order valence-electron chi connectivity index (χ2n) is 6.99. The van der Waals surface area contributed by atoms with Gasteiger partial charge in [-0.1, -0.05) is 48.0 Å². The molecule has 0 saturated carbocycles. The number of para-hydroxylation sites is 1. The topological polar surface area (TPSA) is 49.4 Å². The molecule has 2 aromatic rings. The Labute approximate surface area is 169 Å². The van der Waals surface area contributed by atoms with Gasteiger partial charge in [0.15, 0.2) is 0 Å². The monoisotopic (exact) mass is 428 g/mol. The predicted octanol–water partition coefficient (Wildman–Crippen LogP) is 4.87. The molecule has 1 saturated heterocycles. The van der Waals surface area contributed by atoms with Crippen LogP contribution in [-0.4, -0.2) is 18.4 Å². The zero-order valence-electron chi connectivity index (χ0n) is 16.0. The van der Waals surface area contributed by atoms with E-state index in [1.54, 1.807) is 0 Å². The van der Waals surface area contributed by atoms with Crippen LogP contribution in [0.5, 0.6) is 0 Å². The first-order valence-corrected chi connectivity index (χ1v) is 10.2. The van der Waals surface area contributed by atoms with Crippen molar-refractivity contribution in [1.29, 1.82) is 0 Å². The summed E-state index contributed by atoms with van der Waals surface area (Å²) in [5.74, 6) is -0.406. The van der Waals surface area contributed by atoms with Gasteiger partial charge in [-0.3, -0.25) is 9.59 Å². The highest BCUT2D eigenvalue weighted by Gasteiger charge is 2.36. The van der Waals surface area contributed by atoms with Gasteiger partial charge in [-0.25, -0.2) is 0 Å². The molecule has 0 radical (unpaired) electrons. The smallest absolute Gasteiger partial charge is 0.229 e. The van der Waals surface area contributed by atoms with Gasteiger partial charge in [0.25, 0.3) is 0 Å². The van der Waals surface area contributed by atoms with E-state index in [2.05, 4.69) is 47.2 Å². The van der Waals surface area contributed by atoms with Crippen molar-refractivity contribution in [2.45, 2.75) is 40.0 Å². The van der Waals surface area contributed by atoms with E-state index in [0.717, 1.165) is 45.4 Å². The molecule has 0 bridgehead atoms. The molecule has 3 rings (SSSR count). The summed E-state index contributed by atoms with van der Waals surface area (Å²) in [6, 6.07) is 11.9. The standard InChI is InChI=1S/C22H25BrN2O2/c1-4-15-7-6-8-16(5-2)21(15)25-13-17(12-20(25)26)22(27)24-19-10-9-18(23)11-14(19)3/h6-11,17H,4-5,12-13H2,1-3H3,(H,24,27)/t17-/m0/s1. The minimum absolute atomic E-state index is 0.0262. The largest absolute Gasteiger partial charge is 0.326 e. The summed E-state index contributed by atoms with van der Waals surface area (Å²) in [4.78, 5) is 27.3. The van der Waals surface area contributed by atoms with Crippen molar-refractivity contribution in [2.24, 2.45) is 5.92 Å². The Balaban J connectivity index is 1.80. The second kappa shape index (κ2) is 8.26. The van der Waals surface area contributed by atoms with Gasteiger partial charge in [0.2, 0.25) is 11.8 Å². The van der Waals surface area contributed by atoms with E-state index in [0.29, 0.717) is 6.54 Å². The number of hydrogen-bond acceptors (Lipinski definition) is 2. The minimum Gasteiger partial charge on any atom is -0.326 e. The Hall–Kier alpha value is -2.14. The first-order valence-electron chi connectivity index (χ1n) is 9.42. The normalized spacial score (nSPS) is 16.7. The van der Waals surface area contributed by atoms with E-state index in [1.165, 1.54) is 0 Å². The van der Waals surface area contributed by atoms with Crippen LogP contribution in [0.1, 0.15) is 37.0 Å². The molecule has 1 aliphatic heterocycles. The summed E-state index contributed by atoms with van der Waals surface area (Å²) in [5, 5.41) is 2.99. The Morgan fingerprint density at radius 1 is 1.19 bits per heavy atom. The SMILES string of the molecule is CCc1cccc(CC)c1N1C[C@@H](C(=O)Nc2ccc(Br)cc2C)CC1=O. The molecule has 27 heavy (non-hydrogen) atoms. The van der Waals surface area contributed by atoms with Crippen LogP contribution in [0.25, 0.3) is 0 Å². The molecule has 2 aromatic carbocycles. The third-order valence-electron chi connectivity index (χ3n) is 5.18. The van der Waals surface area contributed by atoms with Crippen LogP contribution in [0, 0.1) is 12.8 Å². The van der Waals surface area contributed by atoms with Crippen LogP contribution < -0.4 is 10.2 Å². The molecular formula is C22H25BrN2O2. The minimum atomic E-state index is -0.338. The van der Waals surface area contributed by atoms with E-state index < -0.39 is 0 Å². The Morgan fingerprint density at radius 3 is 2.44 bits per heavy atom. The fraction of sp³-hybridized carbons (Fsp3) is 0.364. The second-order valence-corrected chi connectivity index (χ2v) is 7.90. The molecule has 4 nitrogen and oxygen atoms in total. The zero-order chi connectivity index (χ0) is 19.6. The summed E-state index contributed by atoms with van der Waals surface area (Å²) >= 11 is 3.43. The van der Waals surface area contributed by atoms with Gasteiger partial charge in [0.05, 0.1) is 5.92 Å². The highest BCUT2D eigenvalue weighted by molar-refractivity contribution is 9.10. The highest BCUT2D eigenvalue weighted by Crippen LogP contribution is 2.33. The number of nitrogens with zero attached hydrogens (tertiary/aromatic N) is 1.